The molecule has 0 radical (unpaired) electrons. The predicted octanol–water partition coefficient (Wildman–Crippen LogP) is 5.34. The Balaban J connectivity index is 1.46. The number of hydrogen-bond donors (Lipinski definition) is 0. The van der Waals surface area contributed by atoms with Crippen LogP contribution >= 0.6 is 0 Å². The number of carbonyl (C=O) groups excluding carboxylic acids is 2. The van der Waals surface area contributed by atoms with Gasteiger partial charge in [0.25, 0.3) is 0 Å². The van der Waals surface area contributed by atoms with E-state index in [1.54, 1.807) is 0 Å². The van der Waals surface area contributed by atoms with Crippen LogP contribution in [0, 0.1) is 5.92 Å². The van der Waals surface area contributed by atoms with Gasteiger partial charge in [-0.15, -0.1) is 0 Å². The minimum absolute atomic E-state index is 0.0253. The summed E-state index contributed by atoms with van der Waals surface area (Å²) < 4.78 is 24.0. The zero-order chi connectivity index (χ0) is 25.5. The molecule has 6 heteroatoms. The Morgan fingerprint density at radius 1 is 1.00 bits per heavy atom. The van der Waals surface area contributed by atoms with Crippen molar-refractivity contribution in [1.29, 1.82) is 0 Å². The van der Waals surface area contributed by atoms with Gasteiger partial charge in [-0.2, -0.15) is 0 Å². The van der Waals surface area contributed by atoms with Crippen molar-refractivity contribution >= 4 is 11.8 Å². The van der Waals surface area contributed by atoms with E-state index in [2.05, 4.69) is 38.7 Å². The zero-order valence-electron chi connectivity index (χ0n) is 21.6. The van der Waals surface area contributed by atoms with Gasteiger partial charge in [-0.3, -0.25) is 4.79 Å². The summed E-state index contributed by atoms with van der Waals surface area (Å²) >= 11 is 0. The summed E-state index contributed by atoms with van der Waals surface area (Å²) in [5.41, 5.74) is 2.25. The number of Topliss-reactive ketones (excluding diaryl/α,β-unsaturated/α-hetero) is 1. The molecule has 4 bridgehead atoms. The average molecular weight is 497 g/mol. The second-order valence-electron chi connectivity index (χ2n) is 10.8. The van der Waals surface area contributed by atoms with Crippen molar-refractivity contribution in [3.8, 4) is 0 Å². The van der Waals surface area contributed by atoms with Crippen molar-refractivity contribution in [2.75, 3.05) is 6.61 Å². The molecule has 0 unspecified atom stereocenters. The standard InChI is InChI=1S/C30H40O6/c1-20-12-13-33-25(16-20)10-11-28-29-19-27(35-28)18-23(31)15-21(2)14-22(3)17-26-8-4-6-24(34-26)7-5-9-30(32)36-29/h4-6,9-12,22,24-29H,2,7-8,13-19H2,1,3H3/b9-5-,11-10+/t22-,24-,25+,26-,27-,28-,29-/m0/s1. The highest BCUT2D eigenvalue weighted by molar-refractivity contribution is 5.82. The van der Waals surface area contributed by atoms with Crippen LogP contribution < -0.4 is 0 Å². The number of ether oxygens (including phenoxy) is 4. The zero-order valence-corrected chi connectivity index (χ0v) is 21.6. The minimum atomic E-state index is -0.450. The van der Waals surface area contributed by atoms with E-state index in [1.807, 2.05) is 18.2 Å². The van der Waals surface area contributed by atoms with E-state index in [4.69, 9.17) is 18.9 Å². The first-order chi connectivity index (χ1) is 17.3. The van der Waals surface area contributed by atoms with Crippen LogP contribution in [-0.2, 0) is 28.5 Å². The number of rotatable bonds is 2. The van der Waals surface area contributed by atoms with Gasteiger partial charge < -0.3 is 18.9 Å². The maximum absolute atomic E-state index is 12.8. The molecule has 0 aliphatic carbocycles. The molecule has 0 saturated carbocycles. The second kappa shape index (κ2) is 12.8. The van der Waals surface area contributed by atoms with Gasteiger partial charge in [0, 0.05) is 25.3 Å². The molecule has 4 rings (SSSR count). The molecule has 4 heterocycles. The fraction of sp³-hybridized carbons (Fsp3) is 0.600. The highest BCUT2D eigenvalue weighted by Gasteiger charge is 2.37. The molecule has 196 valence electrons. The van der Waals surface area contributed by atoms with Gasteiger partial charge in [0.2, 0.25) is 0 Å². The molecular formula is C30H40O6. The lowest BCUT2D eigenvalue weighted by Crippen LogP contribution is -2.26. The van der Waals surface area contributed by atoms with Gasteiger partial charge >= 0.3 is 5.97 Å². The molecule has 1 saturated heterocycles. The second-order valence-corrected chi connectivity index (χ2v) is 10.8. The summed E-state index contributed by atoms with van der Waals surface area (Å²) in [4.78, 5) is 25.5. The molecule has 0 aromatic rings. The topological polar surface area (TPSA) is 71.1 Å². The van der Waals surface area contributed by atoms with Crippen molar-refractivity contribution in [2.24, 2.45) is 5.92 Å². The summed E-state index contributed by atoms with van der Waals surface area (Å²) in [5.74, 6) is 0.0938. The van der Waals surface area contributed by atoms with Crippen LogP contribution in [0.4, 0.5) is 0 Å². The monoisotopic (exact) mass is 496 g/mol. The first-order valence-electron chi connectivity index (χ1n) is 13.3. The lowest BCUT2D eigenvalue weighted by molar-refractivity contribution is -0.144. The quantitative estimate of drug-likeness (QED) is 0.380. The maximum atomic E-state index is 12.8. The van der Waals surface area contributed by atoms with Gasteiger partial charge in [0.1, 0.15) is 18.0 Å². The summed E-state index contributed by atoms with van der Waals surface area (Å²) in [5, 5.41) is 0. The lowest BCUT2D eigenvalue weighted by atomic mass is 9.91. The Morgan fingerprint density at radius 3 is 2.69 bits per heavy atom. The highest BCUT2D eigenvalue weighted by atomic mass is 16.6. The summed E-state index contributed by atoms with van der Waals surface area (Å²) in [7, 11) is 0. The Kier molecular flexibility index (Phi) is 9.52. The molecule has 4 aliphatic rings. The normalized spacial score (nSPS) is 37.8. The van der Waals surface area contributed by atoms with Crippen molar-refractivity contribution < 1.29 is 28.5 Å². The molecule has 0 aromatic carbocycles. The van der Waals surface area contributed by atoms with E-state index >= 15 is 0 Å². The SMILES string of the molecule is C=C1CC(=O)C[C@H]2C[C@H](OC(=O)/C=C\C[C@@H]3C=CC[C@@H](C[C@@H](C)C1)O3)[C@H](/C=C/[C@@H]1CC(C)=CCO1)O2. The Hall–Kier alpha value is -2.28. The van der Waals surface area contributed by atoms with Gasteiger partial charge in [-0.25, -0.2) is 4.79 Å². The predicted molar refractivity (Wildman–Crippen MR) is 138 cm³/mol. The third-order valence-corrected chi connectivity index (χ3v) is 7.20. The number of esters is 1. The third kappa shape index (κ3) is 8.12. The molecule has 0 spiro atoms. The van der Waals surface area contributed by atoms with Crippen molar-refractivity contribution in [3.05, 3.63) is 60.3 Å². The largest absolute Gasteiger partial charge is 0.456 e. The van der Waals surface area contributed by atoms with Gasteiger partial charge in [0.15, 0.2) is 0 Å². The van der Waals surface area contributed by atoms with Crippen molar-refractivity contribution in [3.63, 3.8) is 0 Å². The molecular weight excluding hydrogens is 456 g/mol. The molecule has 36 heavy (non-hydrogen) atoms. The molecule has 4 aliphatic heterocycles. The number of allylic oxidation sites excluding steroid dienone is 1. The first-order valence-corrected chi connectivity index (χ1v) is 13.3. The van der Waals surface area contributed by atoms with Crippen LogP contribution in [0.1, 0.15) is 65.2 Å². The Morgan fingerprint density at radius 2 is 1.86 bits per heavy atom. The van der Waals surface area contributed by atoms with E-state index in [-0.39, 0.29) is 30.2 Å². The van der Waals surface area contributed by atoms with Crippen LogP contribution in [0.25, 0.3) is 0 Å². The summed E-state index contributed by atoms with van der Waals surface area (Å²) in [6.07, 6.45) is 17.6. The average Bonchev–Trinajstić information content (AvgIpc) is 3.17. The molecule has 6 nitrogen and oxygen atoms in total. The maximum Gasteiger partial charge on any atom is 0.330 e. The number of hydrogen-bond acceptors (Lipinski definition) is 6. The van der Waals surface area contributed by atoms with E-state index in [9.17, 15) is 9.59 Å². The summed E-state index contributed by atoms with van der Waals surface area (Å²) in [6.45, 7) is 9.05. The van der Waals surface area contributed by atoms with E-state index in [1.165, 1.54) is 11.6 Å². The van der Waals surface area contributed by atoms with Gasteiger partial charge in [-0.1, -0.05) is 61.1 Å². The lowest BCUT2D eigenvalue weighted by Gasteiger charge is -2.28. The van der Waals surface area contributed by atoms with Crippen molar-refractivity contribution in [2.45, 2.75) is 102 Å². The molecule has 0 amide bonds. The number of carbonyl (C=O) groups is 2. The van der Waals surface area contributed by atoms with Gasteiger partial charge in [0.05, 0.1) is 31.0 Å². The Bertz CT molecular complexity index is 928. The third-order valence-electron chi connectivity index (χ3n) is 7.20. The Labute approximate surface area is 215 Å². The van der Waals surface area contributed by atoms with Crippen LogP contribution in [0.3, 0.4) is 0 Å². The summed E-state index contributed by atoms with van der Waals surface area (Å²) in [6, 6.07) is 0. The van der Waals surface area contributed by atoms with Crippen molar-refractivity contribution in [1.82, 2.24) is 0 Å². The van der Waals surface area contributed by atoms with Crippen LogP contribution in [0.5, 0.6) is 0 Å². The fourth-order valence-corrected chi connectivity index (χ4v) is 5.51. The van der Waals surface area contributed by atoms with Crippen LogP contribution in [-0.4, -0.2) is 55.0 Å². The molecule has 7 atom stereocenters. The number of fused-ring (bicyclic) bond motifs is 4. The van der Waals surface area contributed by atoms with Crippen LogP contribution in [0.2, 0.25) is 0 Å². The first kappa shape index (κ1) is 26.8. The van der Waals surface area contributed by atoms with E-state index in [0.29, 0.717) is 38.2 Å². The fourth-order valence-electron chi connectivity index (χ4n) is 5.51. The minimum Gasteiger partial charge on any atom is -0.456 e. The van der Waals surface area contributed by atoms with Crippen LogP contribution in [0.15, 0.2) is 60.3 Å². The van der Waals surface area contributed by atoms with Gasteiger partial charge in [-0.05, 0) is 44.9 Å². The van der Waals surface area contributed by atoms with E-state index < -0.39 is 18.2 Å². The highest BCUT2D eigenvalue weighted by Crippen LogP contribution is 2.30. The number of ketones is 1. The molecule has 0 aromatic heterocycles. The molecule has 0 N–H and O–H groups in total. The smallest absolute Gasteiger partial charge is 0.330 e. The molecule has 1 fully saturated rings. The van der Waals surface area contributed by atoms with E-state index in [0.717, 1.165) is 31.3 Å².